The number of benzene rings is 1. The van der Waals surface area contributed by atoms with E-state index in [-0.39, 0.29) is 10.7 Å². The van der Waals surface area contributed by atoms with Crippen LogP contribution in [0.25, 0.3) is 0 Å². The molecule has 0 aromatic heterocycles. The van der Waals surface area contributed by atoms with Crippen LogP contribution < -0.4 is 21.6 Å². The summed E-state index contributed by atoms with van der Waals surface area (Å²) < 4.78 is 6.17. The van der Waals surface area contributed by atoms with Gasteiger partial charge in [-0.25, -0.2) is 0 Å². The van der Waals surface area contributed by atoms with Crippen LogP contribution in [0, 0.1) is 0 Å². The maximum Gasteiger partial charge on any atom is 0.207 e. The van der Waals surface area contributed by atoms with Gasteiger partial charge >= 0.3 is 0 Å². The second-order valence-electron chi connectivity index (χ2n) is 1.93. The standard InChI is InChI=1S/C6H2Cl2N2O2/c7-9-5-3(11)1-2-4(12)6(5)10-8/h1-2H. The fraction of sp³-hybridized carbons (Fsp3) is 0. The molecule has 0 spiro atoms. The molecule has 0 N–H and O–H groups in total. The molecule has 6 heteroatoms. The molecule has 0 aliphatic heterocycles. The van der Waals surface area contributed by atoms with Gasteiger partial charge in [0, 0.05) is 23.6 Å². The minimum absolute atomic E-state index is 0.223. The van der Waals surface area contributed by atoms with E-state index in [0.29, 0.717) is 0 Å². The quantitative estimate of drug-likeness (QED) is 0.567. The predicted molar refractivity (Wildman–Crippen MR) is 44.2 cm³/mol. The fourth-order valence-electron chi connectivity index (χ4n) is 0.706. The summed E-state index contributed by atoms with van der Waals surface area (Å²) in [6.07, 6.45) is 0. The van der Waals surface area contributed by atoms with Gasteiger partial charge in [0.05, 0.1) is 0 Å². The summed E-state index contributed by atoms with van der Waals surface area (Å²) in [5, 5.41) is -0.446. The third kappa shape index (κ3) is 1.44. The van der Waals surface area contributed by atoms with Gasteiger partial charge in [0.15, 0.2) is 10.7 Å². The van der Waals surface area contributed by atoms with E-state index >= 15 is 0 Å². The van der Waals surface area contributed by atoms with Crippen LogP contribution in [0.4, 0.5) is 0 Å². The number of halogens is 2. The highest BCUT2D eigenvalue weighted by atomic mass is 35.5. The lowest BCUT2D eigenvalue weighted by Gasteiger charge is -1.80. The van der Waals surface area contributed by atoms with Crippen LogP contribution in [0.2, 0.25) is 0 Å². The molecule has 0 aliphatic carbocycles. The highest BCUT2D eigenvalue weighted by Gasteiger charge is 1.98. The smallest absolute Gasteiger partial charge is 0.207 e. The number of nitrogens with zero attached hydrogens (tertiary/aromatic N) is 2. The molecule has 1 aromatic carbocycles. The maximum absolute atomic E-state index is 10.9. The Morgan fingerprint density at radius 3 is 1.50 bits per heavy atom. The average molecular weight is 205 g/mol. The first-order valence-corrected chi connectivity index (χ1v) is 3.53. The summed E-state index contributed by atoms with van der Waals surface area (Å²) in [6, 6.07) is 2.13. The minimum atomic E-state index is -0.482. The lowest BCUT2D eigenvalue weighted by atomic mass is 10.3. The second kappa shape index (κ2) is 3.60. The van der Waals surface area contributed by atoms with Crippen molar-refractivity contribution in [1.29, 1.82) is 0 Å². The molecular formula is C6H2Cl2N2O2. The Labute approximate surface area is 76.4 Å². The molecule has 0 unspecified atom stereocenters. The van der Waals surface area contributed by atoms with E-state index in [4.69, 9.17) is 23.6 Å². The zero-order valence-corrected chi connectivity index (χ0v) is 7.13. The Bertz CT molecular complexity index is 453. The van der Waals surface area contributed by atoms with Gasteiger partial charge in [-0.2, -0.15) is 9.02 Å². The van der Waals surface area contributed by atoms with E-state index in [0.717, 1.165) is 12.1 Å². The highest BCUT2D eigenvalue weighted by molar-refractivity contribution is 6.14. The van der Waals surface area contributed by atoms with Gasteiger partial charge in [0.25, 0.3) is 0 Å². The molecule has 0 amide bonds. The maximum atomic E-state index is 10.9. The van der Waals surface area contributed by atoms with Crippen molar-refractivity contribution in [1.82, 2.24) is 0 Å². The summed E-state index contributed by atoms with van der Waals surface area (Å²) in [5.41, 5.74) is -0.965. The summed E-state index contributed by atoms with van der Waals surface area (Å²) >= 11 is 10.1. The zero-order chi connectivity index (χ0) is 9.14. The monoisotopic (exact) mass is 204 g/mol. The van der Waals surface area contributed by atoms with E-state index < -0.39 is 10.9 Å². The van der Waals surface area contributed by atoms with Gasteiger partial charge in [-0.1, -0.05) is 0 Å². The van der Waals surface area contributed by atoms with Crippen LogP contribution in [0.1, 0.15) is 0 Å². The highest BCUT2D eigenvalue weighted by Crippen LogP contribution is 1.67. The lowest BCUT2D eigenvalue weighted by molar-refractivity contribution is 1.23. The molecular weight excluding hydrogens is 203 g/mol. The summed E-state index contributed by atoms with van der Waals surface area (Å²) in [5.74, 6) is 0. The van der Waals surface area contributed by atoms with Crippen LogP contribution >= 0.6 is 23.6 Å². The summed E-state index contributed by atoms with van der Waals surface area (Å²) in [7, 11) is 0. The van der Waals surface area contributed by atoms with Gasteiger partial charge < -0.3 is 0 Å². The van der Waals surface area contributed by atoms with Crippen molar-refractivity contribution >= 4 is 23.6 Å². The summed E-state index contributed by atoms with van der Waals surface area (Å²) in [6.45, 7) is 0. The van der Waals surface area contributed by atoms with E-state index in [1.165, 1.54) is 0 Å². The first-order chi connectivity index (χ1) is 5.70. The molecule has 1 rings (SSSR count). The normalized spacial score (nSPS) is 13.8. The van der Waals surface area contributed by atoms with E-state index in [9.17, 15) is 9.59 Å². The van der Waals surface area contributed by atoms with Crippen molar-refractivity contribution in [2.45, 2.75) is 0 Å². The Morgan fingerprint density at radius 1 is 0.917 bits per heavy atom. The number of hydrogen-bond acceptors (Lipinski definition) is 4. The molecule has 1 aromatic rings. The Hall–Kier alpha value is -1.00. The molecule has 0 aliphatic rings. The number of rotatable bonds is 0. The van der Waals surface area contributed by atoms with E-state index in [1.807, 2.05) is 0 Å². The molecule has 0 radical (unpaired) electrons. The van der Waals surface area contributed by atoms with Crippen molar-refractivity contribution in [2.24, 2.45) is 9.02 Å². The van der Waals surface area contributed by atoms with Crippen LogP contribution in [0.5, 0.6) is 0 Å². The van der Waals surface area contributed by atoms with Crippen molar-refractivity contribution in [3.05, 3.63) is 43.3 Å². The van der Waals surface area contributed by atoms with Crippen molar-refractivity contribution in [3.63, 3.8) is 0 Å². The molecule has 4 nitrogen and oxygen atoms in total. The SMILES string of the molecule is O=c1ccc(=O)c(=NCl)c1=NCl. The first-order valence-electron chi connectivity index (χ1n) is 2.85. The average Bonchev–Trinajstić information content (AvgIpc) is 2.08. The Balaban J connectivity index is 4.04. The Kier molecular flexibility index (Phi) is 2.73. The first kappa shape index (κ1) is 9.09. The molecule has 0 heterocycles. The largest absolute Gasteiger partial charge is 0.287 e. The molecule has 12 heavy (non-hydrogen) atoms. The zero-order valence-electron chi connectivity index (χ0n) is 5.62. The molecule has 0 atom stereocenters. The number of hydrogen-bond donors (Lipinski definition) is 0. The second-order valence-corrected chi connectivity index (χ2v) is 2.27. The van der Waals surface area contributed by atoms with Gasteiger partial charge in [-0.05, 0) is 12.1 Å². The van der Waals surface area contributed by atoms with Gasteiger partial charge in [-0.3, -0.25) is 9.59 Å². The van der Waals surface area contributed by atoms with Crippen molar-refractivity contribution in [2.75, 3.05) is 0 Å². The molecule has 0 saturated heterocycles. The van der Waals surface area contributed by atoms with Gasteiger partial charge in [-0.15, -0.1) is 0 Å². The van der Waals surface area contributed by atoms with Gasteiger partial charge in [0.1, 0.15) is 0 Å². The molecule has 0 bridgehead atoms. The molecule has 0 fully saturated rings. The minimum Gasteiger partial charge on any atom is -0.287 e. The van der Waals surface area contributed by atoms with E-state index in [1.54, 1.807) is 0 Å². The van der Waals surface area contributed by atoms with E-state index in [2.05, 4.69) is 9.02 Å². The predicted octanol–water partition coefficient (Wildman–Crippen LogP) is -0.608. The topological polar surface area (TPSA) is 58.9 Å². The van der Waals surface area contributed by atoms with Crippen LogP contribution in [-0.2, 0) is 0 Å². The van der Waals surface area contributed by atoms with Crippen molar-refractivity contribution in [3.8, 4) is 0 Å². The summed E-state index contributed by atoms with van der Waals surface area (Å²) in [4.78, 5) is 21.9. The third-order valence-electron chi connectivity index (χ3n) is 1.25. The lowest BCUT2D eigenvalue weighted by Crippen LogP contribution is -2.46. The Morgan fingerprint density at radius 2 is 1.25 bits per heavy atom. The van der Waals surface area contributed by atoms with Crippen molar-refractivity contribution < 1.29 is 0 Å². The van der Waals surface area contributed by atoms with Crippen LogP contribution in [0.3, 0.4) is 0 Å². The fourth-order valence-corrected chi connectivity index (χ4v) is 1.03. The molecule has 0 saturated carbocycles. The third-order valence-corrected chi connectivity index (χ3v) is 1.58. The van der Waals surface area contributed by atoms with Gasteiger partial charge in [0.2, 0.25) is 10.9 Å². The van der Waals surface area contributed by atoms with Crippen LogP contribution in [-0.4, -0.2) is 0 Å². The van der Waals surface area contributed by atoms with Crippen LogP contribution in [0.15, 0.2) is 30.7 Å². The molecule has 62 valence electrons.